The molecule has 1 aromatic heterocycles. The fraction of sp³-hybridized carbons (Fsp3) is 0.217. The minimum Gasteiger partial charge on any atom is -0.395 e. The molecule has 8 nitrogen and oxygen atoms in total. The highest BCUT2D eigenvalue weighted by Crippen LogP contribution is 2.35. The second kappa shape index (κ2) is 9.96. The maximum absolute atomic E-state index is 14.0. The molecule has 0 fully saturated rings. The molecular weight excluding hydrogens is 500 g/mol. The smallest absolute Gasteiger partial charge is 0.273 e. The first-order valence-electron chi connectivity index (χ1n) is 10.2. The molecule has 0 radical (unpaired) electrons. The number of nitrogens with zero attached hydrogens (tertiary/aromatic N) is 2. The van der Waals surface area contributed by atoms with Crippen molar-refractivity contribution in [2.75, 3.05) is 10.6 Å². The third kappa shape index (κ3) is 5.75. The lowest BCUT2D eigenvalue weighted by molar-refractivity contribution is -0.123. The number of carbonyl (C=O) groups excluding carboxylic acids is 3. The summed E-state index contributed by atoms with van der Waals surface area (Å²) in [5.74, 6) is -3.67. The van der Waals surface area contributed by atoms with Gasteiger partial charge in [0, 0.05) is 11.2 Å². The molecule has 1 atom stereocenters. The van der Waals surface area contributed by atoms with Gasteiger partial charge in [0.25, 0.3) is 11.8 Å². The number of halogens is 3. The number of primary amides is 1. The number of nitrogen functional groups attached to an aromatic ring is 1. The standard InChI is InChI=1S/C23H22ClF2N5O3S/c1-23(2,3)29-21(33)18(11-4-6-12(25)7-5-11)31(13-8-9-15(26)14(24)10-13)22(34)19-16(27)17(20(28)32)30-35-19/h4-10,18H,27H2,1-3H3,(H2,28,32)(H,29,33)/t18-/m1/s1. The first-order chi connectivity index (χ1) is 16.3. The van der Waals surface area contributed by atoms with Gasteiger partial charge in [-0.25, -0.2) is 8.78 Å². The Bertz CT molecular complexity index is 1290. The summed E-state index contributed by atoms with van der Waals surface area (Å²) < 4.78 is 31.5. The predicted molar refractivity (Wildman–Crippen MR) is 130 cm³/mol. The molecule has 0 saturated heterocycles. The highest BCUT2D eigenvalue weighted by Gasteiger charge is 2.37. The van der Waals surface area contributed by atoms with Crippen molar-refractivity contribution in [1.82, 2.24) is 9.69 Å². The van der Waals surface area contributed by atoms with Gasteiger partial charge in [0.2, 0.25) is 5.91 Å². The Morgan fingerprint density at radius 1 is 1.11 bits per heavy atom. The van der Waals surface area contributed by atoms with Crippen molar-refractivity contribution in [2.45, 2.75) is 32.4 Å². The Kier molecular flexibility index (Phi) is 7.41. The normalized spacial score (nSPS) is 12.2. The van der Waals surface area contributed by atoms with Crippen LogP contribution in [0.3, 0.4) is 0 Å². The third-order valence-electron chi connectivity index (χ3n) is 4.75. The zero-order chi connectivity index (χ0) is 26.1. The molecule has 0 aliphatic heterocycles. The maximum Gasteiger partial charge on any atom is 0.273 e. The van der Waals surface area contributed by atoms with Crippen molar-refractivity contribution in [3.05, 3.63) is 75.3 Å². The van der Waals surface area contributed by atoms with Gasteiger partial charge < -0.3 is 16.8 Å². The quantitative estimate of drug-likeness (QED) is 0.450. The van der Waals surface area contributed by atoms with Crippen molar-refractivity contribution in [1.29, 1.82) is 0 Å². The third-order valence-corrected chi connectivity index (χ3v) is 5.89. The Balaban J connectivity index is 2.26. The van der Waals surface area contributed by atoms with E-state index in [0.717, 1.165) is 23.1 Å². The summed E-state index contributed by atoms with van der Waals surface area (Å²) in [5.41, 5.74) is 10.3. The Hall–Kier alpha value is -3.57. The van der Waals surface area contributed by atoms with E-state index >= 15 is 0 Å². The van der Waals surface area contributed by atoms with Crippen LogP contribution in [0, 0.1) is 11.6 Å². The molecule has 12 heteroatoms. The molecule has 35 heavy (non-hydrogen) atoms. The Labute approximate surface area is 209 Å². The summed E-state index contributed by atoms with van der Waals surface area (Å²) in [6.45, 7) is 5.23. The Morgan fingerprint density at radius 3 is 2.26 bits per heavy atom. The van der Waals surface area contributed by atoms with Crippen molar-refractivity contribution < 1.29 is 23.2 Å². The molecule has 184 valence electrons. The number of benzene rings is 2. The number of hydrogen-bond acceptors (Lipinski definition) is 6. The van der Waals surface area contributed by atoms with Crippen LogP contribution in [-0.4, -0.2) is 27.6 Å². The van der Waals surface area contributed by atoms with Crippen LogP contribution in [0.2, 0.25) is 5.02 Å². The van der Waals surface area contributed by atoms with E-state index < -0.39 is 40.9 Å². The second-order valence-corrected chi connectivity index (χ2v) is 9.79. The molecule has 3 rings (SSSR count). The number of amides is 3. The molecular formula is C23H22ClF2N5O3S. The van der Waals surface area contributed by atoms with Crippen LogP contribution in [0.4, 0.5) is 20.2 Å². The van der Waals surface area contributed by atoms with Crippen LogP contribution in [0.15, 0.2) is 42.5 Å². The monoisotopic (exact) mass is 521 g/mol. The topological polar surface area (TPSA) is 131 Å². The fourth-order valence-electron chi connectivity index (χ4n) is 3.26. The summed E-state index contributed by atoms with van der Waals surface area (Å²) in [4.78, 5) is 39.8. The molecule has 0 saturated carbocycles. The largest absolute Gasteiger partial charge is 0.395 e. The first kappa shape index (κ1) is 26.0. The molecule has 2 aromatic carbocycles. The number of hydrogen-bond donors (Lipinski definition) is 3. The number of nitrogens with one attached hydrogen (secondary N) is 1. The molecule has 3 amide bonds. The molecule has 0 aliphatic carbocycles. The van der Waals surface area contributed by atoms with Crippen molar-refractivity contribution in [3.63, 3.8) is 0 Å². The number of anilines is 2. The van der Waals surface area contributed by atoms with Crippen molar-refractivity contribution in [2.24, 2.45) is 5.73 Å². The lowest BCUT2D eigenvalue weighted by Gasteiger charge is -2.33. The van der Waals surface area contributed by atoms with E-state index in [0.29, 0.717) is 11.5 Å². The summed E-state index contributed by atoms with van der Waals surface area (Å²) in [7, 11) is 0. The van der Waals surface area contributed by atoms with E-state index in [2.05, 4.69) is 9.69 Å². The number of nitrogens with two attached hydrogens (primary N) is 2. The zero-order valence-electron chi connectivity index (χ0n) is 18.9. The Morgan fingerprint density at radius 2 is 1.74 bits per heavy atom. The van der Waals surface area contributed by atoms with Gasteiger partial charge in [-0.05, 0) is 68.2 Å². The van der Waals surface area contributed by atoms with Crippen molar-refractivity contribution in [3.8, 4) is 0 Å². The van der Waals surface area contributed by atoms with E-state index in [1.807, 2.05) is 0 Å². The lowest BCUT2D eigenvalue weighted by Crippen LogP contribution is -2.49. The van der Waals surface area contributed by atoms with Crippen LogP contribution in [-0.2, 0) is 4.79 Å². The van der Waals surface area contributed by atoms with Crippen LogP contribution in [0.5, 0.6) is 0 Å². The van der Waals surface area contributed by atoms with Gasteiger partial charge >= 0.3 is 0 Å². The highest BCUT2D eigenvalue weighted by atomic mass is 35.5. The van der Waals surface area contributed by atoms with Crippen molar-refractivity contribution >= 4 is 52.2 Å². The van der Waals surface area contributed by atoms with Gasteiger partial charge in [-0.2, -0.15) is 4.37 Å². The fourth-order valence-corrected chi connectivity index (χ4v) is 4.17. The SMILES string of the molecule is CC(C)(C)NC(=O)[C@@H](c1ccc(F)cc1)N(C(=O)c1snc(C(N)=O)c1N)c1ccc(F)c(Cl)c1. The van der Waals surface area contributed by atoms with E-state index in [9.17, 15) is 23.2 Å². The molecule has 5 N–H and O–H groups in total. The van der Waals surface area contributed by atoms with E-state index in [4.69, 9.17) is 23.1 Å². The lowest BCUT2D eigenvalue weighted by atomic mass is 10.0. The summed E-state index contributed by atoms with van der Waals surface area (Å²) in [6.07, 6.45) is 0. The van der Waals surface area contributed by atoms with Gasteiger partial charge in [0.05, 0.1) is 10.7 Å². The molecule has 0 unspecified atom stereocenters. The zero-order valence-corrected chi connectivity index (χ0v) is 20.5. The van der Waals surface area contributed by atoms with Crippen LogP contribution in [0.1, 0.15) is 52.5 Å². The molecule has 1 heterocycles. The van der Waals surface area contributed by atoms with Crippen LogP contribution >= 0.6 is 23.1 Å². The van der Waals surface area contributed by atoms with E-state index in [-0.39, 0.29) is 32.5 Å². The van der Waals surface area contributed by atoms with Crippen LogP contribution < -0.4 is 21.7 Å². The number of aromatic nitrogens is 1. The minimum absolute atomic E-state index is 0.0493. The van der Waals surface area contributed by atoms with Gasteiger partial charge in [-0.1, -0.05) is 23.7 Å². The number of rotatable bonds is 6. The van der Waals surface area contributed by atoms with Gasteiger partial charge in [-0.15, -0.1) is 0 Å². The van der Waals surface area contributed by atoms with E-state index in [1.54, 1.807) is 20.8 Å². The average Bonchev–Trinajstić information content (AvgIpc) is 3.15. The van der Waals surface area contributed by atoms with Gasteiger partial charge in [0.15, 0.2) is 5.69 Å². The maximum atomic E-state index is 14.0. The van der Waals surface area contributed by atoms with Crippen LogP contribution in [0.25, 0.3) is 0 Å². The highest BCUT2D eigenvalue weighted by molar-refractivity contribution is 7.09. The summed E-state index contributed by atoms with van der Waals surface area (Å²) >= 11 is 6.60. The molecule has 0 spiro atoms. The minimum atomic E-state index is -1.36. The predicted octanol–water partition coefficient (Wildman–Crippen LogP) is 4.06. The van der Waals surface area contributed by atoms with E-state index in [1.165, 1.54) is 24.3 Å². The van der Waals surface area contributed by atoms with Gasteiger partial charge in [-0.3, -0.25) is 19.3 Å². The molecule has 3 aromatic rings. The number of carbonyl (C=O) groups is 3. The molecule has 0 aliphatic rings. The van der Waals surface area contributed by atoms with Gasteiger partial charge in [0.1, 0.15) is 22.6 Å². The molecule has 0 bridgehead atoms. The summed E-state index contributed by atoms with van der Waals surface area (Å²) in [5, 5.41) is 2.50. The second-order valence-electron chi connectivity index (χ2n) is 8.61. The average molecular weight is 522 g/mol. The summed E-state index contributed by atoms with van der Waals surface area (Å²) in [6, 6.07) is 7.07. The first-order valence-corrected chi connectivity index (χ1v) is 11.4.